The van der Waals surface area contributed by atoms with Crippen molar-refractivity contribution in [2.45, 2.75) is 32.2 Å². The normalized spacial score (nSPS) is 18.7. The molecule has 0 bridgehead atoms. The van der Waals surface area contributed by atoms with Crippen LogP contribution in [0.4, 0.5) is 0 Å². The molecule has 1 atom stereocenters. The number of hydrogen-bond donors (Lipinski definition) is 1. The summed E-state index contributed by atoms with van der Waals surface area (Å²) < 4.78 is 1.73. The Morgan fingerprint density at radius 2 is 2.08 bits per heavy atom. The van der Waals surface area contributed by atoms with Crippen molar-refractivity contribution in [1.29, 1.82) is 0 Å². The average molecular weight is 340 g/mol. The van der Waals surface area contributed by atoms with E-state index in [-0.39, 0.29) is 5.91 Å². The molecule has 0 saturated carbocycles. The van der Waals surface area contributed by atoms with Crippen LogP contribution < -0.4 is 5.32 Å². The zero-order valence-electron chi connectivity index (χ0n) is 15.0. The molecule has 5 heteroatoms. The molecule has 1 aliphatic rings. The van der Waals surface area contributed by atoms with E-state index < -0.39 is 0 Å². The molecule has 134 valence electrons. The first-order chi connectivity index (χ1) is 12.2. The molecular weight excluding hydrogens is 312 g/mol. The minimum atomic E-state index is 0.0672. The zero-order valence-corrected chi connectivity index (χ0v) is 15.0. The minimum Gasteiger partial charge on any atom is -0.355 e. The summed E-state index contributed by atoms with van der Waals surface area (Å²) in [4.78, 5) is 14.7. The first kappa shape index (κ1) is 17.7. The molecular formula is C20H28N4O. The van der Waals surface area contributed by atoms with Crippen LogP contribution in [0, 0.1) is 5.92 Å². The number of carbonyl (C=O) groups is 1. The van der Waals surface area contributed by atoms with Gasteiger partial charge < -0.3 is 5.32 Å². The van der Waals surface area contributed by atoms with Gasteiger partial charge in [0.15, 0.2) is 0 Å². The molecule has 1 unspecified atom stereocenters. The summed E-state index contributed by atoms with van der Waals surface area (Å²) >= 11 is 0. The van der Waals surface area contributed by atoms with Crippen molar-refractivity contribution in [3.63, 3.8) is 0 Å². The standard InChI is InChI=1S/C20H28N4O/c1-23-12-10-19(22-23)13-20(25)21-14-18-9-5-6-11-24(16-18)15-17-7-3-2-4-8-17/h2-4,7-8,10,12,18H,5-6,9,11,13-16H2,1H3,(H,21,25). The average Bonchev–Trinajstić information content (AvgIpc) is 2.88. The number of likely N-dealkylation sites (tertiary alicyclic amines) is 1. The smallest absolute Gasteiger partial charge is 0.226 e. The Labute approximate surface area is 150 Å². The van der Waals surface area contributed by atoms with E-state index in [1.54, 1.807) is 4.68 Å². The van der Waals surface area contributed by atoms with Crippen LogP contribution in [0.1, 0.15) is 30.5 Å². The Bertz CT molecular complexity index is 667. The van der Waals surface area contributed by atoms with E-state index in [4.69, 9.17) is 0 Å². The number of nitrogens with one attached hydrogen (secondary N) is 1. The number of hydrogen-bond acceptors (Lipinski definition) is 3. The maximum absolute atomic E-state index is 12.1. The zero-order chi connectivity index (χ0) is 17.5. The lowest BCUT2D eigenvalue weighted by atomic mass is 10.0. The summed E-state index contributed by atoms with van der Waals surface area (Å²) in [6, 6.07) is 12.5. The van der Waals surface area contributed by atoms with Gasteiger partial charge in [0.05, 0.1) is 12.1 Å². The highest BCUT2D eigenvalue weighted by molar-refractivity contribution is 5.78. The number of aromatic nitrogens is 2. The molecule has 1 aromatic carbocycles. The lowest BCUT2D eigenvalue weighted by molar-refractivity contribution is -0.120. The van der Waals surface area contributed by atoms with Gasteiger partial charge in [-0.05, 0) is 36.9 Å². The third-order valence-corrected chi connectivity index (χ3v) is 4.80. The molecule has 25 heavy (non-hydrogen) atoms. The van der Waals surface area contributed by atoms with Crippen molar-refractivity contribution in [2.75, 3.05) is 19.6 Å². The molecule has 5 nitrogen and oxygen atoms in total. The Morgan fingerprint density at radius 3 is 2.84 bits per heavy atom. The van der Waals surface area contributed by atoms with Gasteiger partial charge in [-0.25, -0.2) is 0 Å². The van der Waals surface area contributed by atoms with Crippen LogP contribution in [-0.2, 0) is 24.8 Å². The van der Waals surface area contributed by atoms with E-state index >= 15 is 0 Å². The maximum atomic E-state index is 12.1. The molecule has 1 saturated heterocycles. The number of aryl methyl sites for hydroxylation is 1. The fraction of sp³-hybridized carbons (Fsp3) is 0.500. The Kier molecular flexibility index (Phi) is 6.23. The van der Waals surface area contributed by atoms with Crippen LogP contribution in [-0.4, -0.2) is 40.2 Å². The molecule has 3 rings (SSSR count). The van der Waals surface area contributed by atoms with Gasteiger partial charge in [0.2, 0.25) is 5.91 Å². The van der Waals surface area contributed by atoms with E-state index in [0.29, 0.717) is 12.3 Å². The van der Waals surface area contributed by atoms with Gasteiger partial charge in [-0.1, -0.05) is 36.8 Å². The number of amides is 1. The van der Waals surface area contributed by atoms with Crippen LogP contribution in [0.5, 0.6) is 0 Å². The van der Waals surface area contributed by atoms with Gasteiger partial charge in [0, 0.05) is 32.9 Å². The van der Waals surface area contributed by atoms with Gasteiger partial charge in [-0.3, -0.25) is 14.4 Å². The minimum absolute atomic E-state index is 0.0672. The number of rotatable bonds is 6. The van der Waals surface area contributed by atoms with E-state index in [1.165, 1.54) is 24.8 Å². The summed E-state index contributed by atoms with van der Waals surface area (Å²) in [6.45, 7) is 3.96. The summed E-state index contributed by atoms with van der Waals surface area (Å²) in [6.07, 6.45) is 5.91. The van der Waals surface area contributed by atoms with E-state index in [2.05, 4.69) is 45.6 Å². The molecule has 1 fully saturated rings. The van der Waals surface area contributed by atoms with Crippen LogP contribution in [0.3, 0.4) is 0 Å². The molecule has 2 aromatic rings. The number of nitrogens with zero attached hydrogens (tertiary/aromatic N) is 3. The fourth-order valence-corrected chi connectivity index (χ4v) is 3.51. The predicted molar refractivity (Wildman–Crippen MR) is 99.0 cm³/mol. The van der Waals surface area contributed by atoms with Crippen LogP contribution >= 0.6 is 0 Å². The largest absolute Gasteiger partial charge is 0.355 e. The van der Waals surface area contributed by atoms with Crippen molar-refractivity contribution in [3.05, 3.63) is 53.9 Å². The summed E-state index contributed by atoms with van der Waals surface area (Å²) in [5.74, 6) is 0.594. The van der Waals surface area contributed by atoms with Crippen molar-refractivity contribution >= 4 is 5.91 Å². The SMILES string of the molecule is Cn1ccc(CC(=O)NCC2CCCCN(Cc3ccccc3)C2)n1. The van der Waals surface area contributed by atoms with Gasteiger partial charge in [0.1, 0.15) is 0 Å². The predicted octanol–water partition coefficient (Wildman–Crippen LogP) is 2.38. The van der Waals surface area contributed by atoms with E-state index in [9.17, 15) is 4.79 Å². The van der Waals surface area contributed by atoms with Crippen LogP contribution in [0.2, 0.25) is 0 Å². The van der Waals surface area contributed by atoms with Crippen molar-refractivity contribution in [3.8, 4) is 0 Å². The van der Waals surface area contributed by atoms with Gasteiger partial charge in [0.25, 0.3) is 0 Å². The Hall–Kier alpha value is -2.14. The number of benzene rings is 1. The van der Waals surface area contributed by atoms with E-state index in [0.717, 1.165) is 31.9 Å². The van der Waals surface area contributed by atoms with E-state index in [1.807, 2.05) is 19.3 Å². The van der Waals surface area contributed by atoms with Crippen molar-refractivity contribution in [1.82, 2.24) is 20.0 Å². The van der Waals surface area contributed by atoms with Crippen molar-refractivity contribution < 1.29 is 4.79 Å². The fourth-order valence-electron chi connectivity index (χ4n) is 3.51. The highest BCUT2D eigenvalue weighted by atomic mass is 16.1. The van der Waals surface area contributed by atoms with Gasteiger partial charge >= 0.3 is 0 Å². The van der Waals surface area contributed by atoms with Gasteiger partial charge in [-0.15, -0.1) is 0 Å². The highest BCUT2D eigenvalue weighted by Gasteiger charge is 2.19. The lowest BCUT2D eigenvalue weighted by Crippen LogP contribution is -2.36. The first-order valence-electron chi connectivity index (χ1n) is 9.20. The molecule has 1 aliphatic heterocycles. The Morgan fingerprint density at radius 1 is 1.24 bits per heavy atom. The van der Waals surface area contributed by atoms with Gasteiger partial charge in [-0.2, -0.15) is 5.10 Å². The Balaban J connectivity index is 1.46. The first-order valence-corrected chi connectivity index (χ1v) is 9.20. The highest BCUT2D eigenvalue weighted by Crippen LogP contribution is 2.18. The monoisotopic (exact) mass is 340 g/mol. The third-order valence-electron chi connectivity index (χ3n) is 4.80. The molecule has 1 amide bonds. The molecule has 1 N–H and O–H groups in total. The molecule has 0 radical (unpaired) electrons. The molecule has 0 aliphatic carbocycles. The third kappa shape index (κ3) is 5.71. The summed E-state index contributed by atoms with van der Waals surface area (Å²) in [5.41, 5.74) is 2.19. The van der Waals surface area contributed by atoms with Crippen LogP contribution in [0.15, 0.2) is 42.6 Å². The molecule has 0 spiro atoms. The summed E-state index contributed by atoms with van der Waals surface area (Å²) in [7, 11) is 1.87. The second-order valence-electron chi connectivity index (χ2n) is 7.04. The molecule has 1 aromatic heterocycles. The quantitative estimate of drug-likeness (QED) is 0.878. The van der Waals surface area contributed by atoms with Crippen molar-refractivity contribution in [2.24, 2.45) is 13.0 Å². The molecule has 2 heterocycles. The lowest BCUT2D eigenvalue weighted by Gasteiger charge is -2.24. The maximum Gasteiger partial charge on any atom is 0.226 e. The van der Waals surface area contributed by atoms with Crippen LogP contribution in [0.25, 0.3) is 0 Å². The number of carbonyl (C=O) groups excluding carboxylic acids is 1. The second-order valence-corrected chi connectivity index (χ2v) is 7.04. The topological polar surface area (TPSA) is 50.2 Å². The summed E-state index contributed by atoms with van der Waals surface area (Å²) in [5, 5.41) is 7.37. The second kappa shape index (κ2) is 8.81.